The molecule has 4 amide bonds. The van der Waals surface area contributed by atoms with Crippen molar-refractivity contribution in [3.8, 4) is 0 Å². The van der Waals surface area contributed by atoms with Crippen molar-refractivity contribution in [3.63, 3.8) is 0 Å². The predicted octanol–water partition coefficient (Wildman–Crippen LogP) is 2.77. The van der Waals surface area contributed by atoms with Crippen LogP contribution in [0, 0.1) is 5.92 Å². The van der Waals surface area contributed by atoms with Gasteiger partial charge < -0.3 is 10.6 Å². The van der Waals surface area contributed by atoms with Crippen LogP contribution in [0.25, 0.3) is 10.8 Å². The zero-order valence-electron chi connectivity index (χ0n) is 16.1. The lowest BCUT2D eigenvalue weighted by Crippen LogP contribution is -2.46. The van der Waals surface area contributed by atoms with Gasteiger partial charge in [0.15, 0.2) is 0 Å². The van der Waals surface area contributed by atoms with E-state index in [1.54, 1.807) is 6.92 Å². The van der Waals surface area contributed by atoms with Crippen LogP contribution in [0.5, 0.6) is 0 Å². The first-order valence-corrected chi connectivity index (χ1v) is 9.15. The van der Waals surface area contributed by atoms with Crippen molar-refractivity contribution in [2.75, 3.05) is 6.54 Å². The number of carbonyl (C=O) groups is 3. The van der Waals surface area contributed by atoms with Gasteiger partial charge in [0.1, 0.15) is 12.1 Å². The Hall–Kier alpha value is -2.89. The highest BCUT2D eigenvalue weighted by atomic mass is 16.2. The van der Waals surface area contributed by atoms with Crippen LogP contribution in [0.1, 0.15) is 33.3 Å². The van der Waals surface area contributed by atoms with Crippen molar-refractivity contribution in [2.45, 2.75) is 39.3 Å². The molecule has 0 aromatic heterocycles. The van der Waals surface area contributed by atoms with Crippen molar-refractivity contribution in [3.05, 3.63) is 48.0 Å². The molecular weight excluding hydrogens is 342 g/mol. The molecule has 1 saturated heterocycles. The molecular formula is C21H25N3O3. The molecule has 142 valence electrons. The molecule has 0 radical (unpaired) electrons. The molecule has 0 aliphatic carbocycles. The Kier molecular flexibility index (Phi) is 4.91. The van der Waals surface area contributed by atoms with Crippen LogP contribution in [-0.2, 0) is 15.1 Å². The largest absolute Gasteiger partial charge is 0.352 e. The standard InChI is InChI=1S/C21H25N3O3/c1-13(2)14(3)22-18(25)12-24-19(26)21(4,23-20(24)27)17-11-7-9-15-8-5-6-10-16(15)17/h5-11,13-14H,12H2,1-4H3,(H,22,25)(H,23,27). The van der Waals surface area contributed by atoms with Crippen molar-refractivity contribution in [2.24, 2.45) is 5.92 Å². The summed E-state index contributed by atoms with van der Waals surface area (Å²) in [6.45, 7) is 7.28. The maximum Gasteiger partial charge on any atom is 0.325 e. The zero-order valence-corrected chi connectivity index (χ0v) is 16.1. The SMILES string of the molecule is CC(C)C(C)NC(=O)CN1C(=O)NC(C)(c2cccc3ccccc23)C1=O. The summed E-state index contributed by atoms with van der Waals surface area (Å²) >= 11 is 0. The van der Waals surface area contributed by atoms with Crippen LogP contribution in [0.2, 0.25) is 0 Å². The molecule has 1 fully saturated rings. The lowest BCUT2D eigenvalue weighted by molar-refractivity contribution is -0.135. The quantitative estimate of drug-likeness (QED) is 0.798. The average molecular weight is 367 g/mol. The van der Waals surface area contributed by atoms with E-state index in [9.17, 15) is 14.4 Å². The van der Waals surface area contributed by atoms with Crippen LogP contribution in [0.3, 0.4) is 0 Å². The van der Waals surface area contributed by atoms with Gasteiger partial charge in [-0.15, -0.1) is 0 Å². The monoisotopic (exact) mass is 367 g/mol. The van der Waals surface area contributed by atoms with Gasteiger partial charge in [0.2, 0.25) is 5.91 Å². The summed E-state index contributed by atoms with van der Waals surface area (Å²) in [6.07, 6.45) is 0. The maximum atomic E-state index is 13.1. The topological polar surface area (TPSA) is 78.5 Å². The van der Waals surface area contributed by atoms with E-state index < -0.39 is 17.5 Å². The fourth-order valence-corrected chi connectivity index (χ4v) is 3.29. The Bertz CT molecular complexity index is 903. The van der Waals surface area contributed by atoms with Gasteiger partial charge in [-0.3, -0.25) is 14.5 Å². The Balaban J connectivity index is 1.87. The number of nitrogens with one attached hydrogen (secondary N) is 2. The Morgan fingerprint density at radius 2 is 1.78 bits per heavy atom. The van der Waals surface area contributed by atoms with Crippen molar-refractivity contribution >= 4 is 28.6 Å². The summed E-state index contributed by atoms with van der Waals surface area (Å²) in [4.78, 5) is 38.8. The third-order valence-electron chi connectivity index (χ3n) is 5.29. The van der Waals surface area contributed by atoms with Gasteiger partial charge in [-0.2, -0.15) is 0 Å². The van der Waals surface area contributed by atoms with Crippen LogP contribution >= 0.6 is 0 Å². The van der Waals surface area contributed by atoms with Crippen molar-refractivity contribution in [1.82, 2.24) is 15.5 Å². The number of nitrogens with zero attached hydrogens (tertiary/aromatic N) is 1. The van der Waals surface area contributed by atoms with Crippen molar-refractivity contribution < 1.29 is 14.4 Å². The summed E-state index contributed by atoms with van der Waals surface area (Å²) < 4.78 is 0. The summed E-state index contributed by atoms with van der Waals surface area (Å²) in [5, 5.41) is 7.49. The minimum atomic E-state index is -1.21. The normalized spacial score (nSPS) is 20.9. The van der Waals surface area contributed by atoms with Gasteiger partial charge in [0.25, 0.3) is 5.91 Å². The molecule has 2 N–H and O–H groups in total. The van der Waals surface area contributed by atoms with Crippen molar-refractivity contribution in [1.29, 1.82) is 0 Å². The number of imide groups is 1. The van der Waals surface area contributed by atoms with Crippen LogP contribution in [0.4, 0.5) is 4.79 Å². The fourth-order valence-electron chi connectivity index (χ4n) is 3.29. The molecule has 1 aliphatic rings. The summed E-state index contributed by atoms with van der Waals surface area (Å²) in [6, 6.07) is 12.8. The Morgan fingerprint density at radius 1 is 1.11 bits per heavy atom. The maximum absolute atomic E-state index is 13.1. The molecule has 2 atom stereocenters. The molecule has 3 rings (SSSR count). The van der Waals surface area contributed by atoms with E-state index in [4.69, 9.17) is 0 Å². The summed E-state index contributed by atoms with van der Waals surface area (Å²) in [7, 11) is 0. The molecule has 2 aromatic carbocycles. The number of hydrogen-bond donors (Lipinski definition) is 2. The first kappa shape index (κ1) is 18.9. The highest BCUT2D eigenvalue weighted by Crippen LogP contribution is 2.33. The molecule has 0 spiro atoms. The minimum absolute atomic E-state index is 0.0392. The van der Waals surface area contributed by atoms with E-state index in [0.29, 0.717) is 0 Å². The van der Waals surface area contributed by atoms with Gasteiger partial charge in [0, 0.05) is 6.04 Å². The number of amides is 4. The van der Waals surface area contributed by atoms with E-state index in [-0.39, 0.29) is 24.4 Å². The van der Waals surface area contributed by atoms with E-state index >= 15 is 0 Å². The highest BCUT2D eigenvalue weighted by Gasteiger charge is 2.50. The molecule has 0 bridgehead atoms. The smallest absolute Gasteiger partial charge is 0.325 e. The Labute approximate surface area is 158 Å². The second-order valence-corrected chi connectivity index (χ2v) is 7.57. The fraction of sp³-hybridized carbons (Fsp3) is 0.381. The highest BCUT2D eigenvalue weighted by molar-refractivity contribution is 6.10. The number of carbonyl (C=O) groups excluding carboxylic acids is 3. The number of urea groups is 1. The summed E-state index contributed by atoms with van der Waals surface area (Å²) in [5.74, 6) is -0.504. The first-order valence-electron chi connectivity index (χ1n) is 9.15. The van der Waals surface area contributed by atoms with Crippen LogP contribution in [0.15, 0.2) is 42.5 Å². The Morgan fingerprint density at radius 3 is 2.48 bits per heavy atom. The van der Waals surface area contributed by atoms with Gasteiger partial charge in [-0.1, -0.05) is 56.3 Å². The zero-order chi connectivity index (χ0) is 19.8. The van der Waals surface area contributed by atoms with Crippen LogP contribution in [-0.4, -0.2) is 35.3 Å². The average Bonchev–Trinajstić information content (AvgIpc) is 2.85. The van der Waals surface area contributed by atoms with E-state index in [0.717, 1.165) is 21.2 Å². The lowest BCUT2D eigenvalue weighted by Gasteiger charge is -2.24. The van der Waals surface area contributed by atoms with E-state index in [1.165, 1.54) is 0 Å². The van der Waals surface area contributed by atoms with Gasteiger partial charge >= 0.3 is 6.03 Å². The van der Waals surface area contributed by atoms with E-state index in [2.05, 4.69) is 10.6 Å². The van der Waals surface area contributed by atoms with Gasteiger partial charge in [0.05, 0.1) is 0 Å². The predicted molar refractivity (Wildman–Crippen MR) is 104 cm³/mol. The summed E-state index contributed by atoms with van der Waals surface area (Å²) in [5.41, 5.74) is -0.487. The molecule has 6 nitrogen and oxygen atoms in total. The second kappa shape index (κ2) is 7.02. The number of hydrogen-bond acceptors (Lipinski definition) is 3. The first-order chi connectivity index (χ1) is 12.7. The minimum Gasteiger partial charge on any atom is -0.352 e. The third kappa shape index (κ3) is 3.39. The molecule has 0 saturated carbocycles. The van der Waals surface area contributed by atoms with Crippen LogP contribution < -0.4 is 10.6 Å². The van der Waals surface area contributed by atoms with Gasteiger partial charge in [-0.25, -0.2) is 4.79 Å². The van der Waals surface area contributed by atoms with Gasteiger partial charge in [-0.05, 0) is 36.1 Å². The molecule has 27 heavy (non-hydrogen) atoms. The molecule has 2 unspecified atom stereocenters. The molecule has 6 heteroatoms. The number of fused-ring (bicyclic) bond motifs is 1. The second-order valence-electron chi connectivity index (χ2n) is 7.57. The number of rotatable bonds is 5. The van der Waals surface area contributed by atoms with E-state index in [1.807, 2.05) is 63.2 Å². The molecule has 2 aromatic rings. The lowest BCUT2D eigenvalue weighted by atomic mass is 9.88. The molecule has 1 heterocycles. The molecule has 1 aliphatic heterocycles. The number of benzene rings is 2. The third-order valence-corrected chi connectivity index (χ3v) is 5.29.